The van der Waals surface area contributed by atoms with E-state index in [-0.39, 0.29) is 11.8 Å². The van der Waals surface area contributed by atoms with E-state index in [1.54, 1.807) is 18.9 Å². The van der Waals surface area contributed by atoms with E-state index in [9.17, 15) is 4.79 Å². The van der Waals surface area contributed by atoms with Crippen LogP contribution < -0.4 is 15.4 Å². The average molecular weight is 427 g/mol. The van der Waals surface area contributed by atoms with Crippen LogP contribution in [0.25, 0.3) is 10.8 Å². The van der Waals surface area contributed by atoms with Crippen LogP contribution in [0.4, 0.5) is 17.1 Å². The highest BCUT2D eigenvalue weighted by molar-refractivity contribution is 7.99. The molecule has 154 valence electrons. The second-order valence-electron chi connectivity index (χ2n) is 7.62. The number of benzene rings is 4. The summed E-state index contributed by atoms with van der Waals surface area (Å²) in [7, 11) is 1.66. The minimum Gasteiger partial charge on any atom is -0.497 e. The molecule has 1 amide bonds. The van der Waals surface area contributed by atoms with Crippen molar-refractivity contribution < 1.29 is 9.53 Å². The zero-order chi connectivity index (χ0) is 21.4. The van der Waals surface area contributed by atoms with Gasteiger partial charge in [-0.25, -0.2) is 0 Å². The quantitative estimate of drug-likeness (QED) is 0.332. The summed E-state index contributed by atoms with van der Waals surface area (Å²) < 4.78 is 5.29. The van der Waals surface area contributed by atoms with Crippen molar-refractivity contribution in [2.45, 2.75) is 22.6 Å². The zero-order valence-electron chi connectivity index (χ0n) is 17.3. The summed E-state index contributed by atoms with van der Waals surface area (Å²) in [6, 6.07) is 26.3. The minimum absolute atomic E-state index is 0.0259. The van der Waals surface area contributed by atoms with Gasteiger partial charge in [0.2, 0.25) is 5.91 Å². The van der Waals surface area contributed by atoms with Crippen LogP contribution in [0.2, 0.25) is 0 Å². The van der Waals surface area contributed by atoms with Crippen LogP contribution in [0, 0.1) is 0 Å². The van der Waals surface area contributed by atoms with Crippen molar-refractivity contribution in [3.05, 3.63) is 84.4 Å². The molecule has 0 saturated heterocycles. The highest BCUT2D eigenvalue weighted by Gasteiger charge is 2.19. The van der Waals surface area contributed by atoms with Gasteiger partial charge in [0.25, 0.3) is 0 Å². The largest absolute Gasteiger partial charge is 0.497 e. The second-order valence-corrected chi connectivity index (χ2v) is 8.70. The average Bonchev–Trinajstić information content (AvgIpc) is 2.81. The first-order valence-electron chi connectivity index (χ1n) is 10.2. The van der Waals surface area contributed by atoms with Crippen molar-refractivity contribution in [2.24, 2.45) is 0 Å². The molecule has 1 aliphatic rings. The fourth-order valence-corrected chi connectivity index (χ4v) is 4.78. The lowest BCUT2D eigenvalue weighted by Gasteiger charge is -2.21. The van der Waals surface area contributed by atoms with Gasteiger partial charge in [0.15, 0.2) is 0 Å². The molecule has 0 aromatic heterocycles. The summed E-state index contributed by atoms with van der Waals surface area (Å²) in [5.74, 6) is 0.532. The fraction of sp³-hybridized carbons (Fsp3) is 0.115. The topological polar surface area (TPSA) is 50.4 Å². The Morgan fingerprint density at radius 2 is 1.68 bits per heavy atom. The molecule has 0 saturated carbocycles. The van der Waals surface area contributed by atoms with Crippen molar-refractivity contribution in [3.8, 4) is 5.75 Å². The first-order chi connectivity index (χ1) is 15.1. The summed E-state index contributed by atoms with van der Waals surface area (Å²) in [5.41, 5.74) is 3.95. The van der Waals surface area contributed by atoms with Gasteiger partial charge in [-0.15, -0.1) is 0 Å². The van der Waals surface area contributed by atoms with Gasteiger partial charge in [-0.05, 0) is 65.7 Å². The number of amides is 1. The Labute approximate surface area is 185 Å². The lowest BCUT2D eigenvalue weighted by molar-refractivity contribution is -0.117. The molecule has 5 heteroatoms. The maximum atomic E-state index is 13.0. The fourth-order valence-electron chi connectivity index (χ4n) is 3.75. The highest BCUT2D eigenvalue weighted by atomic mass is 32.2. The van der Waals surface area contributed by atoms with Crippen LogP contribution in [0.1, 0.15) is 18.4 Å². The predicted molar refractivity (Wildman–Crippen MR) is 128 cm³/mol. The Bertz CT molecular complexity index is 1300. The summed E-state index contributed by atoms with van der Waals surface area (Å²) in [4.78, 5) is 15.2. The maximum absolute atomic E-state index is 13.0. The monoisotopic (exact) mass is 426 g/mol. The van der Waals surface area contributed by atoms with Gasteiger partial charge in [0, 0.05) is 15.5 Å². The lowest BCUT2D eigenvalue weighted by atomic mass is 9.97. The zero-order valence-corrected chi connectivity index (χ0v) is 18.1. The van der Waals surface area contributed by atoms with E-state index >= 15 is 0 Å². The molecule has 4 nitrogen and oxygen atoms in total. The Balaban J connectivity index is 1.34. The molecule has 0 aliphatic carbocycles. The van der Waals surface area contributed by atoms with Gasteiger partial charge in [0.1, 0.15) is 5.75 Å². The van der Waals surface area contributed by atoms with Gasteiger partial charge in [-0.2, -0.15) is 0 Å². The van der Waals surface area contributed by atoms with Crippen molar-refractivity contribution in [2.75, 3.05) is 17.7 Å². The Hall–Kier alpha value is -3.44. The molecule has 1 atom stereocenters. The number of ether oxygens (including phenoxy) is 1. The van der Waals surface area contributed by atoms with Gasteiger partial charge in [-0.1, -0.05) is 48.2 Å². The van der Waals surface area contributed by atoms with Gasteiger partial charge >= 0.3 is 0 Å². The first-order valence-corrected chi connectivity index (χ1v) is 11.0. The predicted octanol–water partition coefficient (Wildman–Crippen LogP) is 6.80. The molecule has 0 fully saturated rings. The van der Waals surface area contributed by atoms with Gasteiger partial charge in [0.05, 0.1) is 24.4 Å². The van der Waals surface area contributed by atoms with Crippen LogP contribution in [0.15, 0.2) is 88.7 Å². The molecule has 2 N–H and O–H groups in total. The number of para-hydroxylation sites is 1. The summed E-state index contributed by atoms with van der Waals surface area (Å²) in [5, 5.41) is 8.72. The summed E-state index contributed by atoms with van der Waals surface area (Å²) in [6.07, 6.45) is 0. The van der Waals surface area contributed by atoms with Crippen LogP contribution >= 0.6 is 11.8 Å². The number of fused-ring (bicyclic) bond motifs is 3. The number of carbonyl (C=O) groups is 1. The van der Waals surface area contributed by atoms with E-state index in [0.29, 0.717) is 0 Å². The third-order valence-corrected chi connectivity index (χ3v) is 6.72. The summed E-state index contributed by atoms with van der Waals surface area (Å²) in [6.45, 7) is 1.94. The van der Waals surface area contributed by atoms with Crippen molar-refractivity contribution in [1.82, 2.24) is 0 Å². The SMILES string of the molecule is COc1ccc2cc(C(C)C(=O)Nc3ccc4c(c3)Sc3ccccc3N4)ccc2c1. The number of nitrogens with one attached hydrogen (secondary N) is 2. The normalized spacial score (nSPS) is 13.0. The molecular formula is C26H22N2O2S. The molecule has 0 spiro atoms. The highest BCUT2D eigenvalue weighted by Crippen LogP contribution is 2.44. The van der Waals surface area contributed by atoms with E-state index in [4.69, 9.17) is 4.74 Å². The van der Waals surface area contributed by atoms with E-state index in [1.165, 1.54) is 4.90 Å². The molecular weight excluding hydrogens is 404 g/mol. The third-order valence-electron chi connectivity index (χ3n) is 5.59. The van der Waals surface area contributed by atoms with Crippen LogP contribution in [0.3, 0.4) is 0 Å². The molecule has 4 aromatic rings. The lowest BCUT2D eigenvalue weighted by Crippen LogP contribution is -2.19. The second kappa shape index (κ2) is 8.00. The van der Waals surface area contributed by atoms with Crippen molar-refractivity contribution in [3.63, 3.8) is 0 Å². The first kappa shape index (κ1) is 19.5. The molecule has 1 aliphatic heterocycles. The van der Waals surface area contributed by atoms with E-state index in [0.717, 1.165) is 44.0 Å². The molecule has 0 radical (unpaired) electrons. The number of hydrogen-bond acceptors (Lipinski definition) is 4. The number of anilines is 3. The standard InChI is InChI=1S/C26H22N2O2S/c1-16(17-7-8-19-14-21(30-2)11-9-18(19)13-17)26(29)27-20-10-12-23-25(15-20)31-24-6-4-3-5-22(24)28-23/h3-16,28H,1-2H3,(H,27,29). The molecule has 0 bridgehead atoms. The Kier molecular flexibility index (Phi) is 5.04. The van der Waals surface area contributed by atoms with E-state index in [1.807, 2.05) is 67.6 Å². The molecule has 31 heavy (non-hydrogen) atoms. The summed E-state index contributed by atoms with van der Waals surface area (Å²) >= 11 is 1.71. The maximum Gasteiger partial charge on any atom is 0.231 e. The van der Waals surface area contributed by atoms with Crippen LogP contribution in [-0.4, -0.2) is 13.0 Å². The van der Waals surface area contributed by atoms with Crippen molar-refractivity contribution in [1.29, 1.82) is 0 Å². The number of rotatable bonds is 4. The molecule has 4 aromatic carbocycles. The number of hydrogen-bond donors (Lipinski definition) is 2. The number of carbonyl (C=O) groups excluding carboxylic acids is 1. The van der Waals surface area contributed by atoms with Gasteiger partial charge < -0.3 is 15.4 Å². The molecule has 5 rings (SSSR count). The Morgan fingerprint density at radius 3 is 2.55 bits per heavy atom. The van der Waals surface area contributed by atoms with Crippen LogP contribution in [-0.2, 0) is 4.79 Å². The Morgan fingerprint density at radius 1 is 0.903 bits per heavy atom. The van der Waals surface area contributed by atoms with Crippen molar-refractivity contribution >= 4 is 45.5 Å². The van der Waals surface area contributed by atoms with E-state index in [2.05, 4.69) is 28.8 Å². The van der Waals surface area contributed by atoms with Gasteiger partial charge in [-0.3, -0.25) is 4.79 Å². The third kappa shape index (κ3) is 3.84. The minimum atomic E-state index is -0.269. The molecule has 1 heterocycles. The van der Waals surface area contributed by atoms with Crippen LogP contribution in [0.5, 0.6) is 5.75 Å². The number of methoxy groups -OCH3 is 1. The smallest absolute Gasteiger partial charge is 0.231 e. The van der Waals surface area contributed by atoms with E-state index < -0.39 is 0 Å². The molecule has 1 unspecified atom stereocenters.